The van der Waals surface area contributed by atoms with E-state index in [9.17, 15) is 9.59 Å². The molecule has 5 nitrogen and oxygen atoms in total. The first-order valence-corrected chi connectivity index (χ1v) is 7.28. The Morgan fingerprint density at radius 2 is 1.95 bits per heavy atom. The summed E-state index contributed by atoms with van der Waals surface area (Å²) in [5.41, 5.74) is 0.746. The molecule has 116 valence electrons. The highest BCUT2D eigenvalue weighted by Gasteiger charge is 2.26. The lowest BCUT2D eigenvalue weighted by Crippen LogP contribution is -2.42. The molecule has 22 heavy (non-hydrogen) atoms. The smallest absolute Gasteiger partial charge is 0.331 e. The van der Waals surface area contributed by atoms with Crippen molar-refractivity contribution in [2.75, 3.05) is 5.32 Å². The average Bonchev–Trinajstić information content (AvgIpc) is 2.45. The van der Waals surface area contributed by atoms with E-state index in [2.05, 4.69) is 10.6 Å². The number of amides is 2. The number of carbonyl (C=O) groups excluding carboxylic acids is 1. The molecule has 0 aliphatic heterocycles. The summed E-state index contributed by atoms with van der Waals surface area (Å²) in [5, 5.41) is 15.2. The van der Waals surface area contributed by atoms with Gasteiger partial charge in [-0.05, 0) is 18.2 Å². The molecule has 0 bridgehead atoms. The van der Waals surface area contributed by atoms with Crippen LogP contribution in [0.5, 0.6) is 0 Å². The standard InChI is InChI=1S/C15H14Cl2N2O3/c1-8-10(14(20)21)3-2-4-13(8)19-15(22)18-9-5-6-11(16)12(17)7-9/h2-8,13H,1H3,(H,20,21)(H2,18,19,22). The van der Waals surface area contributed by atoms with Crippen LogP contribution in [0.4, 0.5) is 10.5 Å². The summed E-state index contributed by atoms with van der Waals surface area (Å²) in [4.78, 5) is 23.1. The van der Waals surface area contributed by atoms with E-state index in [1.807, 2.05) is 0 Å². The van der Waals surface area contributed by atoms with Crippen molar-refractivity contribution in [2.45, 2.75) is 13.0 Å². The molecule has 7 heteroatoms. The fourth-order valence-corrected chi connectivity index (χ4v) is 2.42. The van der Waals surface area contributed by atoms with Crippen molar-refractivity contribution in [3.63, 3.8) is 0 Å². The maximum Gasteiger partial charge on any atom is 0.331 e. The zero-order chi connectivity index (χ0) is 16.3. The minimum Gasteiger partial charge on any atom is -0.478 e. The molecular formula is C15H14Cl2N2O3. The van der Waals surface area contributed by atoms with Gasteiger partial charge >= 0.3 is 12.0 Å². The minimum atomic E-state index is -0.992. The third kappa shape index (κ3) is 3.81. The highest BCUT2D eigenvalue weighted by molar-refractivity contribution is 6.42. The highest BCUT2D eigenvalue weighted by atomic mass is 35.5. The number of benzene rings is 1. The SMILES string of the molecule is CC1C(C(=O)O)=CC=CC1NC(=O)Nc1ccc(Cl)c(Cl)c1. The van der Waals surface area contributed by atoms with Crippen LogP contribution in [-0.4, -0.2) is 23.1 Å². The molecular weight excluding hydrogens is 327 g/mol. The van der Waals surface area contributed by atoms with Crippen LogP contribution in [0.25, 0.3) is 0 Å². The number of carboxylic acid groups (broad SMARTS) is 1. The molecule has 1 aliphatic rings. The van der Waals surface area contributed by atoms with Gasteiger partial charge in [0.1, 0.15) is 0 Å². The minimum absolute atomic E-state index is 0.252. The molecule has 0 radical (unpaired) electrons. The van der Waals surface area contributed by atoms with Gasteiger partial charge in [0.15, 0.2) is 0 Å². The van der Waals surface area contributed by atoms with E-state index >= 15 is 0 Å². The maximum absolute atomic E-state index is 12.0. The van der Waals surface area contributed by atoms with E-state index in [1.54, 1.807) is 31.2 Å². The summed E-state index contributed by atoms with van der Waals surface area (Å²) in [6, 6.07) is 3.88. The zero-order valence-corrected chi connectivity index (χ0v) is 13.2. The van der Waals surface area contributed by atoms with Gasteiger partial charge in [0, 0.05) is 17.2 Å². The van der Waals surface area contributed by atoms with Gasteiger partial charge in [-0.25, -0.2) is 9.59 Å². The van der Waals surface area contributed by atoms with E-state index in [-0.39, 0.29) is 11.5 Å². The van der Waals surface area contributed by atoms with Crippen molar-refractivity contribution >= 4 is 40.9 Å². The highest BCUT2D eigenvalue weighted by Crippen LogP contribution is 2.25. The number of carboxylic acids is 1. The fourth-order valence-electron chi connectivity index (χ4n) is 2.12. The molecule has 0 saturated heterocycles. The van der Waals surface area contributed by atoms with Gasteiger partial charge in [-0.1, -0.05) is 48.4 Å². The summed E-state index contributed by atoms with van der Waals surface area (Å²) in [5.74, 6) is -1.32. The molecule has 1 aliphatic carbocycles. The van der Waals surface area contributed by atoms with Crippen LogP contribution < -0.4 is 10.6 Å². The second-order valence-corrected chi connectivity index (χ2v) is 5.67. The lowest BCUT2D eigenvalue weighted by molar-refractivity contribution is -0.133. The van der Waals surface area contributed by atoms with Crippen molar-refractivity contribution in [1.29, 1.82) is 0 Å². The third-order valence-electron chi connectivity index (χ3n) is 3.35. The van der Waals surface area contributed by atoms with Gasteiger partial charge in [-0.3, -0.25) is 0 Å². The molecule has 0 saturated carbocycles. The normalized spacial score (nSPS) is 20.2. The molecule has 0 aromatic heterocycles. The number of allylic oxidation sites excluding steroid dienone is 2. The predicted molar refractivity (Wildman–Crippen MR) is 86.4 cm³/mol. The van der Waals surface area contributed by atoms with Crippen LogP contribution >= 0.6 is 23.2 Å². The van der Waals surface area contributed by atoms with Crippen molar-refractivity contribution in [3.8, 4) is 0 Å². The summed E-state index contributed by atoms with van der Waals surface area (Å²) < 4.78 is 0. The Morgan fingerprint density at radius 3 is 2.59 bits per heavy atom. The molecule has 2 rings (SSSR count). The van der Waals surface area contributed by atoms with Crippen molar-refractivity contribution in [1.82, 2.24) is 5.32 Å². The second-order valence-electron chi connectivity index (χ2n) is 4.85. The Bertz CT molecular complexity index is 671. The Morgan fingerprint density at radius 1 is 1.23 bits per heavy atom. The van der Waals surface area contributed by atoms with Crippen LogP contribution in [0.3, 0.4) is 0 Å². The number of rotatable bonds is 3. The summed E-state index contributed by atoms with van der Waals surface area (Å²) in [6.07, 6.45) is 4.89. The first-order valence-electron chi connectivity index (χ1n) is 6.52. The molecule has 0 heterocycles. The summed E-state index contributed by atoms with van der Waals surface area (Å²) in [7, 11) is 0. The van der Waals surface area contributed by atoms with Crippen molar-refractivity contribution in [3.05, 3.63) is 52.0 Å². The lowest BCUT2D eigenvalue weighted by Gasteiger charge is -2.25. The number of halogens is 2. The van der Waals surface area contributed by atoms with E-state index in [0.29, 0.717) is 15.7 Å². The molecule has 3 N–H and O–H groups in total. The molecule has 0 spiro atoms. The van der Waals surface area contributed by atoms with Gasteiger partial charge < -0.3 is 15.7 Å². The number of urea groups is 1. The van der Waals surface area contributed by atoms with Gasteiger partial charge in [-0.15, -0.1) is 0 Å². The van der Waals surface area contributed by atoms with Crippen molar-refractivity contribution in [2.24, 2.45) is 5.92 Å². The number of hydrogen-bond acceptors (Lipinski definition) is 2. The molecule has 2 amide bonds. The third-order valence-corrected chi connectivity index (χ3v) is 4.08. The van der Waals surface area contributed by atoms with Crippen LogP contribution in [-0.2, 0) is 4.79 Å². The predicted octanol–water partition coefficient (Wildman–Crippen LogP) is 3.70. The summed E-state index contributed by atoms with van der Waals surface area (Å²) in [6.45, 7) is 1.74. The topological polar surface area (TPSA) is 78.4 Å². The van der Waals surface area contributed by atoms with Gasteiger partial charge in [0.2, 0.25) is 0 Å². The quantitative estimate of drug-likeness (QED) is 0.784. The van der Waals surface area contributed by atoms with Crippen molar-refractivity contribution < 1.29 is 14.7 Å². The van der Waals surface area contributed by atoms with Crippen LogP contribution in [0.1, 0.15) is 6.92 Å². The Labute approximate surface area is 137 Å². The number of carbonyl (C=O) groups is 2. The number of nitrogens with one attached hydrogen (secondary N) is 2. The molecule has 2 unspecified atom stereocenters. The van der Waals surface area contributed by atoms with Crippen LogP contribution in [0.15, 0.2) is 42.0 Å². The maximum atomic E-state index is 12.0. The van der Waals surface area contributed by atoms with Crippen LogP contribution in [0.2, 0.25) is 10.0 Å². The molecule has 0 fully saturated rings. The Kier molecular flexibility index (Phi) is 5.11. The Hall–Kier alpha value is -1.98. The van der Waals surface area contributed by atoms with Gasteiger partial charge in [0.25, 0.3) is 0 Å². The summed E-state index contributed by atoms with van der Waals surface area (Å²) >= 11 is 11.7. The molecule has 2 atom stereocenters. The monoisotopic (exact) mass is 340 g/mol. The Balaban J connectivity index is 2.00. The molecule has 1 aromatic carbocycles. The van der Waals surface area contributed by atoms with E-state index < -0.39 is 18.0 Å². The van der Waals surface area contributed by atoms with E-state index in [1.165, 1.54) is 12.1 Å². The average molecular weight is 341 g/mol. The van der Waals surface area contributed by atoms with E-state index in [4.69, 9.17) is 28.3 Å². The number of hydrogen-bond donors (Lipinski definition) is 3. The van der Waals surface area contributed by atoms with E-state index in [0.717, 1.165) is 0 Å². The second kappa shape index (κ2) is 6.85. The van der Waals surface area contributed by atoms with Gasteiger partial charge in [0.05, 0.1) is 16.1 Å². The number of anilines is 1. The molecule has 1 aromatic rings. The first-order chi connectivity index (χ1) is 10.4. The largest absolute Gasteiger partial charge is 0.478 e. The van der Waals surface area contributed by atoms with Gasteiger partial charge in [-0.2, -0.15) is 0 Å². The lowest BCUT2D eigenvalue weighted by atomic mass is 9.89. The number of aliphatic carboxylic acids is 1. The first kappa shape index (κ1) is 16.4. The fraction of sp³-hybridized carbons (Fsp3) is 0.200. The zero-order valence-electron chi connectivity index (χ0n) is 11.6. The van der Waals surface area contributed by atoms with Crippen LogP contribution in [0, 0.1) is 5.92 Å².